The van der Waals surface area contributed by atoms with Crippen LogP contribution in [-0.4, -0.2) is 33.5 Å². The molecule has 0 spiro atoms. The highest BCUT2D eigenvalue weighted by atomic mass is 35.5. The summed E-state index contributed by atoms with van der Waals surface area (Å²) in [6.45, 7) is 7.26. The summed E-state index contributed by atoms with van der Waals surface area (Å²) in [6.07, 6.45) is 0.861. The van der Waals surface area contributed by atoms with Crippen molar-refractivity contribution in [1.29, 1.82) is 0 Å². The minimum Gasteiger partial charge on any atom is -0.349 e. The zero-order valence-electron chi connectivity index (χ0n) is 13.5. The van der Waals surface area contributed by atoms with E-state index in [1.54, 1.807) is 19.9 Å². The van der Waals surface area contributed by atoms with Gasteiger partial charge in [0.05, 0.1) is 4.90 Å². The lowest BCUT2D eigenvalue weighted by Crippen LogP contribution is -2.48. The highest BCUT2D eigenvalue weighted by Crippen LogP contribution is 2.20. The summed E-state index contributed by atoms with van der Waals surface area (Å²) >= 11 is 0. The average Bonchev–Trinajstić information content (AvgIpc) is 2.42. The number of amides is 1. The van der Waals surface area contributed by atoms with Crippen LogP contribution < -0.4 is 15.8 Å². The standard InChI is InChI=1S/C15H23N3O3S.ClH/c1-9-6-12(7-14(11(9)3)22(16,20)21)15(19)18-13-4-5-17-8-10(13)2;/h6-7,10,13,17H,4-5,8H2,1-3H3,(H,18,19)(H2,16,20,21);1H. The zero-order valence-corrected chi connectivity index (χ0v) is 15.2. The third-order valence-electron chi connectivity index (χ3n) is 4.29. The van der Waals surface area contributed by atoms with E-state index in [9.17, 15) is 13.2 Å². The van der Waals surface area contributed by atoms with Crippen molar-refractivity contribution in [3.63, 3.8) is 0 Å². The molecule has 6 nitrogen and oxygen atoms in total. The van der Waals surface area contributed by atoms with Crippen LogP contribution in [0.2, 0.25) is 0 Å². The van der Waals surface area contributed by atoms with Crippen LogP contribution in [0.15, 0.2) is 17.0 Å². The van der Waals surface area contributed by atoms with E-state index in [4.69, 9.17) is 5.14 Å². The molecule has 4 N–H and O–H groups in total. The lowest BCUT2D eigenvalue weighted by Gasteiger charge is -2.30. The fraction of sp³-hybridized carbons (Fsp3) is 0.533. The van der Waals surface area contributed by atoms with Gasteiger partial charge in [-0.1, -0.05) is 6.92 Å². The maximum atomic E-state index is 12.4. The molecule has 1 aromatic carbocycles. The van der Waals surface area contributed by atoms with Gasteiger partial charge in [-0.2, -0.15) is 0 Å². The molecule has 1 saturated heterocycles. The first-order chi connectivity index (χ1) is 10.2. The van der Waals surface area contributed by atoms with Crippen LogP contribution in [0.5, 0.6) is 0 Å². The van der Waals surface area contributed by atoms with Crippen molar-refractivity contribution in [3.8, 4) is 0 Å². The number of hydrogen-bond donors (Lipinski definition) is 3. The molecule has 2 atom stereocenters. The number of piperidine rings is 1. The van der Waals surface area contributed by atoms with Crippen molar-refractivity contribution in [2.45, 2.75) is 38.1 Å². The van der Waals surface area contributed by atoms with Crippen LogP contribution in [0, 0.1) is 19.8 Å². The van der Waals surface area contributed by atoms with E-state index < -0.39 is 10.0 Å². The van der Waals surface area contributed by atoms with Crippen LogP contribution in [0.3, 0.4) is 0 Å². The Morgan fingerprint density at radius 2 is 2.00 bits per heavy atom. The summed E-state index contributed by atoms with van der Waals surface area (Å²) in [6, 6.07) is 3.15. The lowest BCUT2D eigenvalue weighted by atomic mass is 9.95. The number of halogens is 1. The van der Waals surface area contributed by atoms with Crippen molar-refractivity contribution in [2.24, 2.45) is 11.1 Å². The van der Waals surface area contributed by atoms with Gasteiger partial charge in [0.2, 0.25) is 10.0 Å². The third kappa shape index (κ3) is 4.67. The molecule has 1 aromatic rings. The Kier molecular flexibility index (Phi) is 6.59. The van der Waals surface area contributed by atoms with E-state index in [1.807, 2.05) is 0 Å². The molecule has 130 valence electrons. The fourth-order valence-corrected chi connectivity index (χ4v) is 3.61. The number of carbonyl (C=O) groups excluding carboxylic acids is 1. The number of hydrogen-bond acceptors (Lipinski definition) is 4. The fourth-order valence-electron chi connectivity index (χ4n) is 2.73. The normalized spacial score (nSPS) is 21.4. The number of sulfonamides is 1. The molecule has 1 heterocycles. The van der Waals surface area contributed by atoms with Gasteiger partial charge in [-0.05, 0) is 62.5 Å². The first kappa shape index (κ1) is 19.9. The van der Waals surface area contributed by atoms with Gasteiger partial charge in [0.1, 0.15) is 0 Å². The van der Waals surface area contributed by atoms with Gasteiger partial charge < -0.3 is 10.6 Å². The highest BCUT2D eigenvalue weighted by molar-refractivity contribution is 7.89. The van der Waals surface area contributed by atoms with E-state index in [-0.39, 0.29) is 29.3 Å². The first-order valence-electron chi connectivity index (χ1n) is 7.35. The van der Waals surface area contributed by atoms with E-state index >= 15 is 0 Å². The van der Waals surface area contributed by atoms with E-state index in [0.717, 1.165) is 25.1 Å². The summed E-state index contributed by atoms with van der Waals surface area (Å²) in [7, 11) is -3.85. The zero-order chi connectivity index (χ0) is 16.5. The molecule has 2 unspecified atom stereocenters. The number of benzene rings is 1. The quantitative estimate of drug-likeness (QED) is 0.750. The first-order valence-corrected chi connectivity index (χ1v) is 8.90. The second-order valence-electron chi connectivity index (χ2n) is 6.01. The number of nitrogens with two attached hydrogens (primary N) is 1. The number of aryl methyl sites for hydroxylation is 1. The number of carbonyl (C=O) groups is 1. The van der Waals surface area contributed by atoms with Gasteiger partial charge in [-0.25, -0.2) is 13.6 Å². The van der Waals surface area contributed by atoms with Crippen LogP contribution in [0.25, 0.3) is 0 Å². The molecular formula is C15H24ClN3O3S. The number of nitrogens with one attached hydrogen (secondary N) is 2. The Labute approximate surface area is 143 Å². The summed E-state index contributed by atoms with van der Waals surface area (Å²) < 4.78 is 23.3. The molecule has 0 aliphatic carbocycles. The maximum Gasteiger partial charge on any atom is 0.251 e. The van der Waals surface area contributed by atoms with Crippen molar-refractivity contribution < 1.29 is 13.2 Å². The molecule has 1 aliphatic rings. The van der Waals surface area contributed by atoms with Gasteiger partial charge >= 0.3 is 0 Å². The number of primary sulfonamides is 1. The molecule has 1 aliphatic heterocycles. The minimum absolute atomic E-state index is 0. The Hall–Kier alpha value is -1.15. The monoisotopic (exact) mass is 361 g/mol. The Bertz CT molecular complexity index is 691. The summed E-state index contributed by atoms with van der Waals surface area (Å²) in [5.74, 6) is 0.0775. The molecule has 2 rings (SSSR count). The molecular weight excluding hydrogens is 338 g/mol. The average molecular weight is 362 g/mol. The molecule has 0 aromatic heterocycles. The number of rotatable bonds is 3. The van der Waals surface area contributed by atoms with Crippen molar-refractivity contribution in [3.05, 3.63) is 28.8 Å². The summed E-state index contributed by atoms with van der Waals surface area (Å²) in [4.78, 5) is 12.4. The smallest absolute Gasteiger partial charge is 0.251 e. The van der Waals surface area contributed by atoms with Gasteiger partial charge in [-0.15, -0.1) is 12.4 Å². The van der Waals surface area contributed by atoms with Crippen LogP contribution in [-0.2, 0) is 10.0 Å². The lowest BCUT2D eigenvalue weighted by molar-refractivity contribution is 0.0914. The van der Waals surface area contributed by atoms with Crippen LogP contribution in [0.1, 0.15) is 34.8 Å². The Morgan fingerprint density at radius 3 is 2.57 bits per heavy atom. The minimum atomic E-state index is -3.85. The molecule has 23 heavy (non-hydrogen) atoms. The molecule has 0 bridgehead atoms. The van der Waals surface area contributed by atoms with Gasteiger partial charge in [0.25, 0.3) is 5.91 Å². The second-order valence-corrected chi connectivity index (χ2v) is 7.54. The van der Waals surface area contributed by atoms with E-state index in [1.165, 1.54) is 6.07 Å². The van der Waals surface area contributed by atoms with E-state index in [2.05, 4.69) is 17.6 Å². The third-order valence-corrected chi connectivity index (χ3v) is 5.33. The van der Waals surface area contributed by atoms with Crippen molar-refractivity contribution >= 4 is 28.3 Å². The van der Waals surface area contributed by atoms with Crippen molar-refractivity contribution in [1.82, 2.24) is 10.6 Å². The Balaban J connectivity index is 0.00000264. The molecule has 0 saturated carbocycles. The van der Waals surface area contributed by atoms with E-state index in [0.29, 0.717) is 17.0 Å². The summed E-state index contributed by atoms with van der Waals surface area (Å²) in [5.41, 5.74) is 1.64. The topological polar surface area (TPSA) is 101 Å². The summed E-state index contributed by atoms with van der Waals surface area (Å²) in [5, 5.41) is 11.5. The van der Waals surface area contributed by atoms with Crippen molar-refractivity contribution in [2.75, 3.05) is 13.1 Å². The van der Waals surface area contributed by atoms with Gasteiger partial charge in [0.15, 0.2) is 0 Å². The molecule has 8 heteroatoms. The maximum absolute atomic E-state index is 12.4. The largest absolute Gasteiger partial charge is 0.349 e. The molecule has 0 radical (unpaired) electrons. The van der Waals surface area contributed by atoms with Crippen LogP contribution >= 0.6 is 12.4 Å². The molecule has 1 amide bonds. The Morgan fingerprint density at radius 1 is 1.35 bits per heavy atom. The second kappa shape index (κ2) is 7.61. The highest BCUT2D eigenvalue weighted by Gasteiger charge is 2.24. The SMILES string of the molecule is Cc1cc(C(=O)NC2CCNCC2C)cc(S(N)(=O)=O)c1C.Cl. The van der Waals surface area contributed by atoms with Gasteiger partial charge in [0, 0.05) is 11.6 Å². The predicted octanol–water partition coefficient (Wildman–Crippen LogP) is 1.10. The van der Waals surface area contributed by atoms with Crippen LogP contribution in [0.4, 0.5) is 0 Å². The molecule has 1 fully saturated rings. The van der Waals surface area contributed by atoms with Gasteiger partial charge in [-0.3, -0.25) is 4.79 Å². The predicted molar refractivity (Wildman–Crippen MR) is 92.4 cm³/mol.